The number of aliphatic carboxylic acids is 1. The number of methoxy groups -OCH3 is 1. The summed E-state index contributed by atoms with van der Waals surface area (Å²) >= 11 is 0. The average molecular weight is 2090 g/mol. The summed E-state index contributed by atoms with van der Waals surface area (Å²) in [4.78, 5) is 117. The van der Waals surface area contributed by atoms with Gasteiger partial charge in [-0.25, -0.2) is 0 Å². The smallest absolute Gasteiger partial charge is 0.307 e. The molecule has 0 aliphatic carbocycles. The maximum absolute atomic E-state index is 10.9. The van der Waals surface area contributed by atoms with Gasteiger partial charge in [0.1, 0.15) is 18.2 Å². The van der Waals surface area contributed by atoms with Crippen molar-refractivity contribution in [3.05, 3.63) is 73.9 Å². The van der Waals surface area contributed by atoms with Crippen LogP contribution in [0.25, 0.3) is 0 Å². The monoisotopic (exact) mass is 2090 g/mol. The molecular formula is C125H272N4O16. The van der Waals surface area contributed by atoms with E-state index in [1.807, 2.05) is 165 Å². The summed E-state index contributed by atoms with van der Waals surface area (Å²) < 4.78 is 18.7. The molecule has 0 bridgehead atoms. The van der Waals surface area contributed by atoms with Crippen LogP contribution < -0.4 is 16.4 Å². The van der Waals surface area contributed by atoms with E-state index in [1.165, 1.54) is 44.8 Å². The second-order valence-corrected chi connectivity index (χ2v) is 40.0. The first kappa shape index (κ1) is 221. The predicted octanol–water partition coefficient (Wildman–Crippen LogP) is 36.5. The Labute approximate surface area is 914 Å². The molecule has 1 rings (SSSR count). The summed E-state index contributed by atoms with van der Waals surface area (Å²) in [6.45, 7) is 92.5. The fraction of sp³-hybridized carbons (Fsp3) is 0.784. The molecule has 0 radical (unpaired) electrons. The van der Waals surface area contributed by atoms with Gasteiger partial charge in [-0.05, 0) is 152 Å². The van der Waals surface area contributed by atoms with E-state index in [1.54, 1.807) is 52.0 Å². The number of carboxylic acid groups (broad SMARTS) is 1. The lowest BCUT2D eigenvalue weighted by Crippen LogP contribution is -2.24. The van der Waals surface area contributed by atoms with E-state index < -0.39 is 5.97 Å². The van der Waals surface area contributed by atoms with E-state index in [0.29, 0.717) is 142 Å². The van der Waals surface area contributed by atoms with Crippen molar-refractivity contribution in [3.63, 3.8) is 0 Å². The number of carbonyl (C=O) groups is 11. The molecular weight excluding hydrogens is 1810 g/mol. The van der Waals surface area contributed by atoms with Gasteiger partial charge in [-0.2, -0.15) is 0 Å². The Bertz CT molecular complexity index is 2730. The molecule has 20 nitrogen and oxygen atoms in total. The summed E-state index contributed by atoms with van der Waals surface area (Å²) in [6, 6.07) is 10.7. The third kappa shape index (κ3) is 323. The molecule has 0 aromatic heterocycles. The third-order valence-electron chi connectivity index (χ3n) is 14.2. The number of benzene rings is 1. The van der Waals surface area contributed by atoms with Gasteiger partial charge in [-0.1, -0.05) is 441 Å². The number of carbonyl (C=O) groups excluding carboxylic acids is 10. The third-order valence-corrected chi connectivity index (χ3v) is 14.2. The van der Waals surface area contributed by atoms with Crippen LogP contribution in [0.4, 0.5) is 0 Å². The van der Waals surface area contributed by atoms with Gasteiger partial charge in [0.25, 0.3) is 0 Å². The van der Waals surface area contributed by atoms with Crippen molar-refractivity contribution in [2.75, 3.05) is 54.6 Å². The number of esters is 4. The number of ketones is 2. The van der Waals surface area contributed by atoms with Gasteiger partial charge >= 0.3 is 29.8 Å². The molecule has 0 atom stereocenters. The molecule has 1 aromatic carbocycles. The van der Waals surface area contributed by atoms with Crippen LogP contribution in [-0.2, 0) is 78.1 Å². The van der Waals surface area contributed by atoms with Gasteiger partial charge in [0, 0.05) is 105 Å². The number of allylic oxidation sites excluding steroid dienone is 1. The number of primary amides is 1. The fourth-order valence-electron chi connectivity index (χ4n) is 9.09. The zero-order valence-electron chi connectivity index (χ0n) is 92.5. The SMILES string of the molecule is C.C.C.C.C.C.C.C.C.C.C.C.C.C.C.C#CCC(C)C.C#CCOC(=O)CC(C)C.C=CCC(C)C.C=CCNC(=O)CC(C)C.C=CCOC(=O)CC(C)C.CC(=O)CC(C)C.CC(=O)CC(C)C.CC(C)CC(=O)N(C)C.CC(C)CC(=O)O.CC(C)CC(C)(C)C.CC(C)CC(N)=O.CC(C)CCc1ccccc1.CCCC(C)C.CCCOC(=O)CC(C)C.CNC(=O)CC(C)C.COC(=O)CC(C)C. The molecule has 20 heteroatoms. The maximum atomic E-state index is 10.9. The molecule has 0 heterocycles. The van der Waals surface area contributed by atoms with Gasteiger partial charge in [-0.15, -0.1) is 31.9 Å². The standard InChI is InChI=1S/C11H16.C8H15NO.C8H16O2.C8H14O2.C8H12O2.C8H18.C7H15NO.C6H13NO.C6H12O2.2C6H12O.C6H14.C6H12.C6H10.C5H11NO.C5H10O2.15CH4/c1-10(2)8-9-11-6-4-3-5-7-11;1-4-5-9-8(10)6-7(2)3;3*1-4-5-10-8(9)6-7(2)3;1-7(2)6-8(3,4)5;1-6(2)5-7(9)8(3)4;1-5(2)4-6(8)7-3;1-5(2)4-6(7)8-3;2*1-5(2)4-6(3)7;3*1-4-5-6(2)3;2*1-4(2)3-5(6)7;;;;;;;;;;;;;;;/h3-7,10H,8-9H2,1-2H3;4,7H,1,5-6H2,2-3H3,(H,9,10);7H,4-6H2,1-3H3;4,7H,1,5-6H2,2-3H3;1,7H,5-6H2,2-3H3;7H,6H2,1-5H3;6H,5H2,1-4H3;5H,4H2,1-3H3,(H,7,8);5H,4H2,1-3H3;2*5H,4H2,1-3H3;6H,4-5H2,1-3H3;4,6H,1,5H2,2-3H3;1,6H,5H2,2-3H3;4H,3H2,1-2H3,(H2,6,7);4H,3H2,1-2H3,(H,6,7);15*1H4. The van der Waals surface area contributed by atoms with Crippen molar-refractivity contribution < 1.29 is 76.8 Å². The van der Waals surface area contributed by atoms with Crippen LogP contribution in [0.15, 0.2) is 68.3 Å². The van der Waals surface area contributed by atoms with E-state index in [0.717, 1.165) is 55.8 Å². The maximum Gasteiger partial charge on any atom is 0.307 e. The zero-order valence-corrected chi connectivity index (χ0v) is 92.5. The Morgan fingerprint density at radius 2 is 0.738 bits per heavy atom. The van der Waals surface area contributed by atoms with Crippen molar-refractivity contribution in [1.82, 2.24) is 15.5 Å². The Morgan fingerprint density at radius 3 is 0.897 bits per heavy atom. The zero-order chi connectivity index (χ0) is 106. The molecule has 0 aliphatic rings. The number of hydrogen-bond donors (Lipinski definition) is 4. The van der Waals surface area contributed by atoms with E-state index in [9.17, 15) is 52.7 Å². The number of terminal acetylenes is 2. The quantitative estimate of drug-likeness (QED) is 0.0207. The average Bonchev–Trinajstić information content (AvgIpc) is 0.976. The Morgan fingerprint density at radius 1 is 0.407 bits per heavy atom. The van der Waals surface area contributed by atoms with Crippen molar-refractivity contribution in [3.8, 4) is 24.7 Å². The van der Waals surface area contributed by atoms with Gasteiger partial charge in [0.15, 0.2) is 6.61 Å². The summed E-state index contributed by atoms with van der Waals surface area (Å²) in [5, 5.41) is 13.3. The minimum atomic E-state index is -0.713. The van der Waals surface area contributed by atoms with E-state index in [2.05, 4.69) is 179 Å². The highest BCUT2D eigenvalue weighted by atomic mass is 16.5. The molecule has 0 saturated heterocycles. The van der Waals surface area contributed by atoms with Crippen LogP contribution >= 0.6 is 0 Å². The largest absolute Gasteiger partial charge is 0.481 e. The number of amides is 4. The van der Waals surface area contributed by atoms with Crippen LogP contribution in [0.2, 0.25) is 0 Å². The number of hydrogen-bond acceptors (Lipinski definition) is 15. The van der Waals surface area contributed by atoms with Crippen LogP contribution in [0.5, 0.6) is 0 Å². The van der Waals surface area contributed by atoms with Gasteiger partial charge in [0.05, 0.1) is 13.7 Å². The number of aryl methyl sites for hydroxylation is 1. The van der Waals surface area contributed by atoms with Crippen molar-refractivity contribution in [2.45, 2.75) is 503 Å². The topological polar surface area (TPSA) is 298 Å². The van der Waals surface area contributed by atoms with Gasteiger partial charge in [-0.3, -0.25) is 43.2 Å². The number of Topliss-reactive ketones (excluding diaryl/α,β-unsaturated/α-hetero) is 2. The first-order valence-electron chi connectivity index (χ1n) is 48.0. The molecule has 0 saturated carbocycles. The molecule has 5 N–H and O–H groups in total. The molecule has 0 fully saturated rings. The number of ether oxygens (including phenoxy) is 4. The number of nitrogens with one attached hydrogen (secondary N) is 2. The lowest BCUT2D eigenvalue weighted by Gasteiger charge is -2.19. The second-order valence-electron chi connectivity index (χ2n) is 40.0. The number of nitrogens with two attached hydrogens (primary N) is 1. The van der Waals surface area contributed by atoms with Crippen LogP contribution in [0, 0.1) is 125 Å². The highest BCUT2D eigenvalue weighted by Crippen LogP contribution is 2.23. The molecule has 0 unspecified atom stereocenters. The number of carboxylic acids is 1. The summed E-state index contributed by atoms with van der Waals surface area (Å²) in [6.07, 6.45) is 30.7. The predicted molar refractivity (Wildman–Crippen MR) is 660 cm³/mol. The summed E-state index contributed by atoms with van der Waals surface area (Å²) in [5.41, 5.74) is 6.84. The van der Waals surface area contributed by atoms with Crippen molar-refractivity contribution in [1.29, 1.82) is 0 Å². The molecule has 4 amide bonds. The molecule has 888 valence electrons. The van der Waals surface area contributed by atoms with Crippen molar-refractivity contribution >= 4 is 65.0 Å². The molecule has 0 aliphatic heterocycles. The van der Waals surface area contributed by atoms with E-state index in [-0.39, 0.29) is 189 Å². The molecule has 1 aromatic rings. The van der Waals surface area contributed by atoms with E-state index >= 15 is 0 Å². The van der Waals surface area contributed by atoms with Gasteiger partial charge < -0.3 is 54.9 Å². The number of rotatable bonds is 38. The van der Waals surface area contributed by atoms with Crippen LogP contribution in [0.3, 0.4) is 0 Å². The van der Waals surface area contributed by atoms with Crippen LogP contribution in [0.1, 0.15) is 503 Å². The lowest BCUT2D eigenvalue weighted by atomic mass is 9.86. The summed E-state index contributed by atoms with van der Waals surface area (Å²) in [7, 11) is 6.63. The normalized spacial score (nSPS) is 8.78. The Kier molecular flexibility index (Phi) is 246. The highest BCUT2D eigenvalue weighted by molar-refractivity contribution is 5.77. The van der Waals surface area contributed by atoms with Crippen LogP contribution in [-0.4, -0.2) is 130 Å². The first-order valence-corrected chi connectivity index (χ1v) is 48.0. The first-order chi connectivity index (χ1) is 59.5. The second kappa shape index (κ2) is 161. The fourth-order valence-corrected chi connectivity index (χ4v) is 9.09. The van der Waals surface area contributed by atoms with Gasteiger partial charge in [0.2, 0.25) is 23.6 Å². The van der Waals surface area contributed by atoms with Crippen molar-refractivity contribution in [2.24, 2.45) is 106 Å². The highest BCUT2D eigenvalue weighted by Gasteiger charge is 2.12. The minimum absolute atomic E-state index is 0. The Balaban J connectivity index is -0.0000000346. The molecule has 0 spiro atoms. The lowest BCUT2D eigenvalue weighted by molar-refractivity contribution is -0.145. The van der Waals surface area contributed by atoms with E-state index in [4.69, 9.17) is 33.2 Å². The Hall–Kier alpha value is -7.87. The molecule has 145 heavy (non-hydrogen) atoms. The summed E-state index contributed by atoms with van der Waals surface area (Å²) in [5.74, 6) is 13.0. The number of nitrogens with zero attached hydrogens (tertiary/aromatic N) is 1. The minimum Gasteiger partial charge on any atom is -0.481 e.